The topological polar surface area (TPSA) is 0 Å². The quantitative estimate of drug-likeness (QED) is 0.502. The van der Waals surface area contributed by atoms with E-state index < -0.39 is 0 Å². The Labute approximate surface area is 77.9 Å². The summed E-state index contributed by atoms with van der Waals surface area (Å²) >= 11 is 0. The van der Waals surface area contributed by atoms with E-state index >= 15 is 0 Å². The summed E-state index contributed by atoms with van der Waals surface area (Å²) in [7, 11) is 0.285. The minimum absolute atomic E-state index is 0.285. The van der Waals surface area contributed by atoms with Gasteiger partial charge in [-0.05, 0) is 48.6 Å². The van der Waals surface area contributed by atoms with E-state index in [0.29, 0.717) is 5.16 Å². The summed E-state index contributed by atoms with van der Waals surface area (Å²) in [4.78, 5) is 0. The van der Waals surface area contributed by atoms with Crippen molar-refractivity contribution in [2.24, 2.45) is 5.41 Å². The van der Waals surface area contributed by atoms with Crippen molar-refractivity contribution in [3.8, 4) is 0 Å². The minimum Gasteiger partial charge on any atom is -0.101 e. The van der Waals surface area contributed by atoms with Crippen LogP contribution in [0.2, 0.25) is 0 Å². The van der Waals surface area contributed by atoms with Crippen LogP contribution in [0.3, 0.4) is 0 Å². The van der Waals surface area contributed by atoms with E-state index in [1.165, 1.54) is 19.3 Å². The highest BCUT2D eigenvalue weighted by Crippen LogP contribution is 2.69. The summed E-state index contributed by atoms with van der Waals surface area (Å²) in [6.07, 6.45) is 6.12. The molecular formula is C11H21P. The summed E-state index contributed by atoms with van der Waals surface area (Å²) in [6, 6.07) is 0. The van der Waals surface area contributed by atoms with E-state index in [1.807, 2.05) is 0 Å². The van der Waals surface area contributed by atoms with E-state index in [-0.39, 0.29) is 7.92 Å². The van der Waals surface area contributed by atoms with E-state index in [0.717, 1.165) is 11.1 Å². The molecule has 0 aromatic carbocycles. The Morgan fingerprint density at radius 3 is 2.25 bits per heavy atom. The van der Waals surface area contributed by atoms with Crippen LogP contribution in [0.4, 0.5) is 0 Å². The maximum absolute atomic E-state index is 2.51. The Balaban J connectivity index is 2.15. The van der Waals surface area contributed by atoms with Crippen molar-refractivity contribution in [1.29, 1.82) is 0 Å². The van der Waals surface area contributed by atoms with Crippen LogP contribution < -0.4 is 0 Å². The van der Waals surface area contributed by atoms with E-state index in [9.17, 15) is 0 Å². The Morgan fingerprint density at radius 2 is 1.83 bits per heavy atom. The lowest BCUT2D eigenvalue weighted by molar-refractivity contribution is 0.355. The van der Waals surface area contributed by atoms with Crippen LogP contribution in [0, 0.1) is 5.41 Å². The average molecular weight is 184 g/mol. The molecule has 2 atom stereocenters. The summed E-state index contributed by atoms with van der Waals surface area (Å²) in [5, 5.41) is 0.670. The zero-order valence-electron chi connectivity index (χ0n) is 8.85. The first-order valence-electron chi connectivity index (χ1n) is 5.18. The molecule has 2 aliphatic rings. The maximum atomic E-state index is 2.51. The van der Waals surface area contributed by atoms with Crippen LogP contribution in [0.5, 0.6) is 0 Å². The highest BCUT2D eigenvalue weighted by atomic mass is 31.1. The van der Waals surface area contributed by atoms with Gasteiger partial charge in [0.1, 0.15) is 0 Å². The first-order valence-corrected chi connectivity index (χ1v) is 7.04. The number of rotatable bonds is 0. The van der Waals surface area contributed by atoms with Gasteiger partial charge in [0.25, 0.3) is 0 Å². The second kappa shape index (κ2) is 2.47. The molecule has 0 bridgehead atoms. The molecule has 1 spiro atoms. The second-order valence-electron chi connectivity index (χ2n) is 5.65. The first-order chi connectivity index (χ1) is 5.45. The average Bonchev–Trinajstić information content (AvgIpc) is 2.63. The van der Waals surface area contributed by atoms with Gasteiger partial charge in [0, 0.05) is 0 Å². The van der Waals surface area contributed by atoms with Crippen molar-refractivity contribution in [2.75, 3.05) is 6.66 Å². The molecule has 0 nitrogen and oxygen atoms in total. The lowest BCUT2D eigenvalue weighted by atomic mass is 9.88. The molecule has 1 aliphatic heterocycles. The van der Waals surface area contributed by atoms with Crippen LogP contribution in [-0.4, -0.2) is 17.5 Å². The van der Waals surface area contributed by atoms with Crippen LogP contribution in [-0.2, 0) is 0 Å². The molecule has 0 radical (unpaired) electrons. The van der Waals surface area contributed by atoms with Gasteiger partial charge in [-0.2, -0.15) is 0 Å². The third-order valence-corrected chi connectivity index (χ3v) is 7.68. The second-order valence-corrected chi connectivity index (χ2v) is 8.97. The number of hydrogen-bond acceptors (Lipinski definition) is 0. The molecule has 1 saturated heterocycles. The molecule has 1 heteroatoms. The van der Waals surface area contributed by atoms with Gasteiger partial charge in [-0.25, -0.2) is 0 Å². The number of hydrogen-bond donors (Lipinski definition) is 0. The molecule has 2 rings (SSSR count). The molecule has 0 N–H and O–H groups in total. The molecule has 0 aromatic heterocycles. The molecule has 70 valence electrons. The third kappa shape index (κ3) is 1.33. The molecule has 2 unspecified atom stereocenters. The van der Waals surface area contributed by atoms with Crippen molar-refractivity contribution in [3.05, 3.63) is 0 Å². The van der Waals surface area contributed by atoms with Crippen molar-refractivity contribution < 1.29 is 0 Å². The molecule has 12 heavy (non-hydrogen) atoms. The molecular weight excluding hydrogens is 163 g/mol. The minimum atomic E-state index is 0.285. The van der Waals surface area contributed by atoms with Crippen molar-refractivity contribution in [1.82, 2.24) is 0 Å². The van der Waals surface area contributed by atoms with Gasteiger partial charge in [0.05, 0.1) is 0 Å². The predicted molar refractivity (Wildman–Crippen MR) is 57.3 cm³/mol. The van der Waals surface area contributed by atoms with E-state index in [4.69, 9.17) is 0 Å². The van der Waals surface area contributed by atoms with Crippen molar-refractivity contribution >= 4 is 7.92 Å². The normalized spacial score (nSPS) is 43.0. The Morgan fingerprint density at radius 1 is 1.25 bits per heavy atom. The zero-order chi connectivity index (χ0) is 8.98. The fraction of sp³-hybridized carbons (Fsp3) is 1.00. The van der Waals surface area contributed by atoms with Crippen LogP contribution in [0.1, 0.15) is 46.5 Å². The molecule has 1 saturated carbocycles. The zero-order valence-corrected chi connectivity index (χ0v) is 9.75. The Bertz CT molecular complexity index is 191. The highest BCUT2D eigenvalue weighted by molar-refractivity contribution is 7.59. The van der Waals surface area contributed by atoms with E-state index in [2.05, 4.69) is 27.4 Å². The third-order valence-electron chi connectivity index (χ3n) is 4.11. The van der Waals surface area contributed by atoms with Gasteiger partial charge in [-0.15, -0.1) is 7.92 Å². The van der Waals surface area contributed by atoms with Crippen LogP contribution >= 0.6 is 7.92 Å². The monoisotopic (exact) mass is 184 g/mol. The summed E-state index contributed by atoms with van der Waals surface area (Å²) in [5.41, 5.74) is 1.85. The fourth-order valence-electron chi connectivity index (χ4n) is 3.03. The lowest BCUT2D eigenvalue weighted by Crippen LogP contribution is -2.33. The predicted octanol–water partition coefficient (Wildman–Crippen LogP) is 3.84. The Kier molecular flexibility index (Phi) is 1.85. The first kappa shape index (κ1) is 9.00. The van der Waals surface area contributed by atoms with Gasteiger partial charge in [0.2, 0.25) is 0 Å². The molecule has 2 fully saturated rings. The molecule has 1 heterocycles. The molecule has 0 amide bonds. The Hall–Kier alpha value is 0.430. The maximum Gasteiger partial charge on any atom is -0.0146 e. The van der Waals surface area contributed by atoms with Gasteiger partial charge in [-0.3, -0.25) is 0 Å². The smallest absolute Gasteiger partial charge is 0.0146 e. The largest absolute Gasteiger partial charge is 0.101 e. The van der Waals surface area contributed by atoms with Crippen molar-refractivity contribution in [2.45, 2.75) is 57.3 Å². The van der Waals surface area contributed by atoms with Gasteiger partial charge in [0.15, 0.2) is 0 Å². The molecule has 1 aliphatic carbocycles. The van der Waals surface area contributed by atoms with Gasteiger partial charge in [-0.1, -0.05) is 20.8 Å². The van der Waals surface area contributed by atoms with E-state index in [1.54, 1.807) is 6.42 Å². The van der Waals surface area contributed by atoms with Crippen molar-refractivity contribution in [3.63, 3.8) is 0 Å². The summed E-state index contributed by atoms with van der Waals surface area (Å²) in [6.45, 7) is 9.98. The van der Waals surface area contributed by atoms with Crippen LogP contribution in [0.25, 0.3) is 0 Å². The van der Waals surface area contributed by atoms with Gasteiger partial charge >= 0.3 is 0 Å². The summed E-state index contributed by atoms with van der Waals surface area (Å²) < 4.78 is 0. The molecule has 0 aromatic rings. The standard InChI is InChI=1S/C11H21P/c1-9-7-11(5-6-11)8-10(2,3)12(9)4/h9H,5-8H2,1-4H3. The fourth-order valence-corrected chi connectivity index (χ4v) is 5.47. The van der Waals surface area contributed by atoms with Crippen LogP contribution in [0.15, 0.2) is 0 Å². The van der Waals surface area contributed by atoms with Gasteiger partial charge < -0.3 is 0 Å². The SMILES string of the molecule is CC1CC2(CC2)CC(C)(C)P1C. The lowest BCUT2D eigenvalue weighted by Gasteiger charge is -2.45. The highest BCUT2D eigenvalue weighted by Gasteiger charge is 2.52. The summed E-state index contributed by atoms with van der Waals surface area (Å²) in [5.74, 6) is 0.